The van der Waals surface area contributed by atoms with E-state index in [1.807, 2.05) is 0 Å². The third-order valence-corrected chi connectivity index (χ3v) is 2.17. The quantitative estimate of drug-likeness (QED) is 0.702. The first-order valence-corrected chi connectivity index (χ1v) is 4.61. The van der Waals surface area contributed by atoms with Gasteiger partial charge in [0.1, 0.15) is 0 Å². The van der Waals surface area contributed by atoms with Crippen LogP contribution < -0.4 is 5.43 Å². The fourth-order valence-corrected chi connectivity index (χ4v) is 1.36. The maximum Gasteiger partial charge on any atom is 0.416 e. The molecule has 1 heterocycles. The maximum absolute atomic E-state index is 12.3. The molecule has 1 aromatic rings. The largest absolute Gasteiger partial charge is 0.416 e. The van der Waals surface area contributed by atoms with Gasteiger partial charge in [0.2, 0.25) is 0 Å². The highest BCUT2D eigenvalue weighted by atomic mass is 19.4. The molecule has 0 spiro atoms. The van der Waals surface area contributed by atoms with E-state index >= 15 is 0 Å². The van der Waals surface area contributed by atoms with Gasteiger partial charge in [-0.3, -0.25) is 0 Å². The van der Waals surface area contributed by atoms with Gasteiger partial charge in [-0.1, -0.05) is 12.1 Å². The van der Waals surface area contributed by atoms with E-state index in [9.17, 15) is 13.2 Å². The highest BCUT2D eigenvalue weighted by Crippen LogP contribution is 2.29. The molecule has 83 valence electrons. The van der Waals surface area contributed by atoms with Crippen LogP contribution >= 0.6 is 0 Å². The molecule has 0 unspecified atom stereocenters. The second-order valence-corrected chi connectivity index (χ2v) is 3.45. The minimum absolute atomic E-state index is 0.589. The molecule has 1 aliphatic heterocycles. The summed E-state index contributed by atoms with van der Waals surface area (Å²) in [6.45, 7) is 1.78. The Morgan fingerprint density at radius 2 is 1.69 bits per heavy atom. The fourth-order valence-electron chi connectivity index (χ4n) is 1.36. The summed E-state index contributed by atoms with van der Waals surface area (Å²) < 4.78 is 36.9. The Morgan fingerprint density at radius 3 is 2.12 bits per heavy atom. The summed E-state index contributed by atoms with van der Waals surface area (Å²) in [5, 5.41) is 3.85. The highest BCUT2D eigenvalue weighted by Gasteiger charge is 2.30. The van der Waals surface area contributed by atoms with E-state index < -0.39 is 11.7 Å². The van der Waals surface area contributed by atoms with Crippen LogP contribution in [0.25, 0.3) is 0 Å². The molecule has 0 atom stereocenters. The molecule has 1 aromatic carbocycles. The van der Waals surface area contributed by atoms with Crippen molar-refractivity contribution in [3.63, 3.8) is 0 Å². The lowest BCUT2D eigenvalue weighted by Gasteiger charge is -2.06. The Hall–Kier alpha value is -1.78. The summed E-state index contributed by atoms with van der Waals surface area (Å²) in [6, 6.07) is 4.87. The van der Waals surface area contributed by atoms with E-state index in [1.54, 1.807) is 13.0 Å². The van der Waals surface area contributed by atoms with Crippen LogP contribution in [0.15, 0.2) is 41.1 Å². The number of nitrogens with zero attached hydrogens (tertiary/aromatic N) is 2. The number of rotatable bonds is 1. The van der Waals surface area contributed by atoms with Crippen molar-refractivity contribution < 1.29 is 13.2 Å². The zero-order chi connectivity index (χ0) is 11.8. The van der Waals surface area contributed by atoms with Crippen LogP contribution in [-0.2, 0) is 6.18 Å². The minimum atomic E-state index is -4.30. The van der Waals surface area contributed by atoms with Gasteiger partial charge >= 0.3 is 6.18 Å². The van der Waals surface area contributed by atoms with E-state index in [1.165, 1.54) is 12.1 Å². The van der Waals surface area contributed by atoms with Crippen LogP contribution in [0.2, 0.25) is 0 Å². The molecule has 0 bridgehead atoms. The lowest BCUT2D eigenvalue weighted by molar-refractivity contribution is -0.137. The van der Waals surface area contributed by atoms with Crippen LogP contribution in [0.5, 0.6) is 0 Å². The maximum atomic E-state index is 12.3. The number of benzene rings is 1. The van der Waals surface area contributed by atoms with Gasteiger partial charge < -0.3 is 0 Å². The van der Waals surface area contributed by atoms with E-state index in [0.717, 1.165) is 17.8 Å². The molecule has 0 N–H and O–H groups in total. The van der Waals surface area contributed by atoms with Crippen LogP contribution in [0, 0.1) is 0 Å². The van der Waals surface area contributed by atoms with Crippen LogP contribution in [0.1, 0.15) is 18.1 Å². The van der Waals surface area contributed by atoms with Crippen LogP contribution in [0.4, 0.5) is 13.2 Å². The smallest absolute Gasteiger partial charge is 0.166 e. The third kappa shape index (κ3) is 2.08. The zero-order valence-electron chi connectivity index (χ0n) is 8.42. The number of allylic oxidation sites excluding steroid dienone is 2. The second kappa shape index (κ2) is 3.66. The Bertz CT molecular complexity index is 455. The van der Waals surface area contributed by atoms with Crippen molar-refractivity contribution in [1.82, 2.24) is 5.43 Å². The first-order chi connectivity index (χ1) is 7.47. The van der Waals surface area contributed by atoms with Crippen molar-refractivity contribution >= 4 is 5.71 Å². The van der Waals surface area contributed by atoms with Gasteiger partial charge in [-0.05, 0) is 25.1 Å². The van der Waals surface area contributed by atoms with Gasteiger partial charge in [-0.15, -0.1) is 0 Å². The summed E-state index contributed by atoms with van der Waals surface area (Å²) in [6.07, 6.45) is -2.57. The molecule has 0 aromatic heterocycles. The van der Waals surface area contributed by atoms with Gasteiger partial charge in [-0.2, -0.15) is 23.7 Å². The molecule has 1 radical (unpaired) electrons. The molecule has 0 saturated carbocycles. The normalized spacial score (nSPS) is 15.5. The molecule has 0 fully saturated rings. The topological polar surface area (TPSA) is 26.5 Å². The Labute approximate surface area is 90.5 Å². The van der Waals surface area contributed by atoms with Crippen molar-refractivity contribution in [1.29, 1.82) is 0 Å². The fraction of sp³-hybridized carbons (Fsp3) is 0.182. The van der Waals surface area contributed by atoms with E-state index in [0.29, 0.717) is 11.3 Å². The summed E-state index contributed by atoms with van der Waals surface area (Å²) in [7, 11) is 0. The van der Waals surface area contributed by atoms with E-state index in [-0.39, 0.29) is 0 Å². The SMILES string of the molecule is CC1=CC(c2ccc(C(F)(F)F)cc2)=N[N]1. The van der Waals surface area contributed by atoms with Crippen molar-refractivity contribution in [3.05, 3.63) is 47.2 Å². The zero-order valence-corrected chi connectivity index (χ0v) is 8.42. The van der Waals surface area contributed by atoms with Crippen LogP contribution in [0.3, 0.4) is 0 Å². The molecule has 0 aliphatic carbocycles. The minimum Gasteiger partial charge on any atom is -0.166 e. The van der Waals surface area contributed by atoms with Gasteiger partial charge in [-0.25, -0.2) is 0 Å². The van der Waals surface area contributed by atoms with E-state index in [2.05, 4.69) is 10.5 Å². The summed E-state index contributed by atoms with van der Waals surface area (Å²) in [4.78, 5) is 0. The first kappa shape index (κ1) is 10.7. The van der Waals surface area contributed by atoms with Crippen molar-refractivity contribution in [3.8, 4) is 0 Å². The predicted molar refractivity (Wildman–Crippen MR) is 53.9 cm³/mol. The van der Waals surface area contributed by atoms with Crippen molar-refractivity contribution in [2.24, 2.45) is 5.10 Å². The first-order valence-electron chi connectivity index (χ1n) is 4.61. The summed E-state index contributed by atoms with van der Waals surface area (Å²) >= 11 is 0. The number of halogens is 3. The van der Waals surface area contributed by atoms with E-state index in [4.69, 9.17) is 0 Å². The number of hydrogen-bond acceptors (Lipinski definition) is 1. The molecule has 0 saturated heterocycles. The Morgan fingerprint density at radius 1 is 1.06 bits per heavy atom. The predicted octanol–water partition coefficient (Wildman–Crippen LogP) is 2.93. The molecule has 1 aliphatic rings. The molecule has 16 heavy (non-hydrogen) atoms. The molecule has 2 rings (SSSR count). The third-order valence-electron chi connectivity index (χ3n) is 2.17. The number of hydrogen-bond donors (Lipinski definition) is 0. The van der Waals surface area contributed by atoms with Crippen LogP contribution in [-0.4, -0.2) is 5.71 Å². The Balaban J connectivity index is 2.27. The average molecular weight is 225 g/mol. The van der Waals surface area contributed by atoms with Gasteiger partial charge in [0, 0.05) is 5.56 Å². The molecule has 2 nitrogen and oxygen atoms in total. The lowest BCUT2D eigenvalue weighted by atomic mass is 10.1. The molecule has 0 amide bonds. The molecular weight excluding hydrogens is 217 g/mol. The molecular formula is C11H8F3N2. The number of alkyl halides is 3. The standard InChI is InChI=1S/C11H8F3N2/c1-7-6-10(16-15-7)8-2-4-9(5-3-8)11(12,13)14/h2-6H,1H3. The monoisotopic (exact) mass is 225 g/mol. The van der Waals surface area contributed by atoms with Gasteiger partial charge in [0.05, 0.1) is 17.0 Å². The lowest BCUT2D eigenvalue weighted by Crippen LogP contribution is -2.05. The Kier molecular flexibility index (Phi) is 2.46. The average Bonchev–Trinajstić information content (AvgIpc) is 2.64. The second-order valence-electron chi connectivity index (χ2n) is 3.45. The van der Waals surface area contributed by atoms with Gasteiger partial charge in [0.15, 0.2) is 0 Å². The molecule has 5 heteroatoms. The highest BCUT2D eigenvalue weighted by molar-refractivity contribution is 6.09. The van der Waals surface area contributed by atoms with Gasteiger partial charge in [0.25, 0.3) is 0 Å². The summed E-state index contributed by atoms with van der Waals surface area (Å²) in [5.41, 5.74) is 5.10. The van der Waals surface area contributed by atoms with Crippen molar-refractivity contribution in [2.75, 3.05) is 0 Å². The van der Waals surface area contributed by atoms with Crippen molar-refractivity contribution in [2.45, 2.75) is 13.1 Å². The summed E-state index contributed by atoms with van der Waals surface area (Å²) in [5.74, 6) is 0.